The first-order valence-electron chi connectivity index (χ1n) is 4.78. The Morgan fingerprint density at radius 1 is 1.50 bits per heavy atom. The molecule has 18 heavy (non-hydrogen) atoms. The summed E-state index contributed by atoms with van der Waals surface area (Å²) in [5.74, 6) is -1.02. The van der Waals surface area contributed by atoms with Crippen molar-refractivity contribution in [3.05, 3.63) is 40.4 Å². The van der Waals surface area contributed by atoms with Crippen molar-refractivity contribution >= 4 is 23.5 Å². The number of aromatic carboxylic acids is 1. The van der Waals surface area contributed by atoms with Gasteiger partial charge in [0.1, 0.15) is 5.82 Å². The Labute approximate surface area is 105 Å². The SMILES string of the molecule is Nc1cc(=O)[nH]c(Sc2ccncc2C(=O)O)n1. The molecule has 0 aromatic carbocycles. The van der Waals surface area contributed by atoms with E-state index in [9.17, 15) is 9.59 Å². The minimum Gasteiger partial charge on any atom is -0.478 e. The predicted octanol–water partition coefficient (Wildman–Crippen LogP) is 0.596. The molecule has 0 bridgehead atoms. The second-order valence-corrected chi connectivity index (χ2v) is 4.29. The zero-order chi connectivity index (χ0) is 13.1. The molecule has 0 atom stereocenters. The number of aromatic amines is 1. The fourth-order valence-corrected chi connectivity index (χ4v) is 2.13. The number of nitrogens with one attached hydrogen (secondary N) is 1. The van der Waals surface area contributed by atoms with E-state index in [1.807, 2.05) is 0 Å². The lowest BCUT2D eigenvalue weighted by Crippen LogP contribution is -2.09. The fraction of sp³-hybridized carbons (Fsp3) is 0. The molecule has 2 aromatic heterocycles. The number of nitrogens with two attached hydrogens (primary N) is 1. The van der Waals surface area contributed by atoms with Gasteiger partial charge in [0.2, 0.25) is 0 Å². The van der Waals surface area contributed by atoms with Gasteiger partial charge in [-0.25, -0.2) is 9.78 Å². The minimum absolute atomic E-state index is 0.0348. The van der Waals surface area contributed by atoms with Gasteiger partial charge in [-0.1, -0.05) is 11.8 Å². The average molecular weight is 264 g/mol. The van der Waals surface area contributed by atoms with Gasteiger partial charge in [0.25, 0.3) is 5.56 Å². The third-order valence-electron chi connectivity index (χ3n) is 1.96. The highest BCUT2D eigenvalue weighted by Gasteiger charge is 2.12. The molecule has 0 amide bonds. The molecule has 0 unspecified atom stereocenters. The first-order valence-corrected chi connectivity index (χ1v) is 5.60. The van der Waals surface area contributed by atoms with Crippen LogP contribution < -0.4 is 11.3 Å². The Morgan fingerprint density at radius 2 is 2.28 bits per heavy atom. The number of rotatable bonds is 3. The van der Waals surface area contributed by atoms with Crippen molar-refractivity contribution in [2.45, 2.75) is 10.1 Å². The molecule has 92 valence electrons. The molecule has 0 aliphatic heterocycles. The lowest BCUT2D eigenvalue weighted by Gasteiger charge is -2.04. The zero-order valence-corrected chi connectivity index (χ0v) is 9.77. The van der Waals surface area contributed by atoms with Crippen molar-refractivity contribution in [2.24, 2.45) is 0 Å². The van der Waals surface area contributed by atoms with E-state index >= 15 is 0 Å². The van der Waals surface area contributed by atoms with Crippen LogP contribution in [-0.4, -0.2) is 26.0 Å². The fourth-order valence-electron chi connectivity index (χ4n) is 1.24. The molecule has 2 aromatic rings. The Bertz CT molecular complexity index is 656. The lowest BCUT2D eigenvalue weighted by molar-refractivity contribution is 0.0692. The molecule has 0 fully saturated rings. The number of pyridine rings is 1. The number of carboxylic acids is 1. The third-order valence-corrected chi connectivity index (χ3v) is 2.92. The lowest BCUT2D eigenvalue weighted by atomic mass is 10.3. The number of nitrogen functional groups attached to an aromatic ring is 1. The highest BCUT2D eigenvalue weighted by atomic mass is 32.2. The number of hydrogen-bond acceptors (Lipinski definition) is 6. The van der Waals surface area contributed by atoms with Gasteiger partial charge >= 0.3 is 5.97 Å². The molecule has 8 heteroatoms. The molecule has 7 nitrogen and oxygen atoms in total. The number of hydrogen-bond donors (Lipinski definition) is 3. The topological polar surface area (TPSA) is 122 Å². The maximum absolute atomic E-state index is 11.2. The highest BCUT2D eigenvalue weighted by Crippen LogP contribution is 2.26. The Balaban J connectivity index is 2.40. The van der Waals surface area contributed by atoms with E-state index in [0.29, 0.717) is 4.90 Å². The standard InChI is InChI=1S/C10H8N4O3S/c11-7-3-8(15)14-10(13-7)18-6-1-2-12-4-5(6)9(16)17/h1-4H,(H,16,17)(H3,11,13,14,15). The number of H-pyrrole nitrogens is 1. The molecule has 0 spiro atoms. The maximum atomic E-state index is 11.2. The van der Waals surface area contributed by atoms with Crippen LogP contribution in [0.1, 0.15) is 10.4 Å². The monoisotopic (exact) mass is 264 g/mol. The molecule has 2 rings (SSSR count). The number of anilines is 1. The third kappa shape index (κ3) is 2.66. The minimum atomic E-state index is -1.10. The van der Waals surface area contributed by atoms with Gasteiger partial charge in [0.15, 0.2) is 5.16 Å². The van der Waals surface area contributed by atoms with Crippen LogP contribution in [0.4, 0.5) is 5.82 Å². The van der Waals surface area contributed by atoms with E-state index in [1.165, 1.54) is 18.5 Å². The number of aromatic nitrogens is 3. The molecular weight excluding hydrogens is 256 g/mol. The van der Waals surface area contributed by atoms with Gasteiger partial charge in [-0.3, -0.25) is 9.78 Å². The molecule has 4 N–H and O–H groups in total. The molecule has 0 aliphatic rings. The zero-order valence-electron chi connectivity index (χ0n) is 8.95. The molecule has 0 saturated carbocycles. The smallest absolute Gasteiger partial charge is 0.338 e. The van der Waals surface area contributed by atoms with Gasteiger partial charge in [0.05, 0.1) is 5.56 Å². The van der Waals surface area contributed by atoms with Gasteiger partial charge in [-0.05, 0) is 6.07 Å². The molecule has 2 heterocycles. The van der Waals surface area contributed by atoms with Crippen molar-refractivity contribution in [1.29, 1.82) is 0 Å². The van der Waals surface area contributed by atoms with Gasteiger partial charge < -0.3 is 15.8 Å². The summed E-state index contributed by atoms with van der Waals surface area (Å²) >= 11 is 1.00. The number of nitrogens with zero attached hydrogens (tertiary/aromatic N) is 2. The van der Waals surface area contributed by atoms with E-state index in [2.05, 4.69) is 15.0 Å². The van der Waals surface area contributed by atoms with E-state index in [-0.39, 0.29) is 16.5 Å². The van der Waals surface area contributed by atoms with Crippen LogP contribution in [-0.2, 0) is 0 Å². The first kappa shape index (κ1) is 12.1. The first-order chi connectivity index (χ1) is 8.56. The number of carboxylic acid groups (broad SMARTS) is 1. The van der Waals surface area contributed by atoms with Crippen LogP contribution in [0.2, 0.25) is 0 Å². The van der Waals surface area contributed by atoms with Crippen molar-refractivity contribution in [1.82, 2.24) is 15.0 Å². The van der Waals surface area contributed by atoms with Crippen LogP contribution in [0.3, 0.4) is 0 Å². The van der Waals surface area contributed by atoms with Crippen LogP contribution in [0.25, 0.3) is 0 Å². The highest BCUT2D eigenvalue weighted by molar-refractivity contribution is 7.99. The summed E-state index contributed by atoms with van der Waals surface area (Å²) in [6.45, 7) is 0. The Hall–Kier alpha value is -2.35. The van der Waals surface area contributed by atoms with Crippen molar-refractivity contribution in [3.8, 4) is 0 Å². The maximum Gasteiger partial charge on any atom is 0.338 e. The van der Waals surface area contributed by atoms with Crippen molar-refractivity contribution < 1.29 is 9.90 Å². The summed E-state index contributed by atoms with van der Waals surface area (Å²) in [5, 5.41) is 9.21. The summed E-state index contributed by atoms with van der Waals surface area (Å²) in [6, 6.07) is 2.67. The molecule has 0 radical (unpaired) electrons. The van der Waals surface area contributed by atoms with Crippen molar-refractivity contribution in [3.63, 3.8) is 0 Å². The van der Waals surface area contributed by atoms with Crippen LogP contribution >= 0.6 is 11.8 Å². The summed E-state index contributed by atoms with van der Waals surface area (Å²) in [7, 11) is 0. The molecular formula is C10H8N4O3S. The second kappa shape index (κ2) is 4.88. The molecule has 0 saturated heterocycles. The predicted molar refractivity (Wildman–Crippen MR) is 64.6 cm³/mol. The van der Waals surface area contributed by atoms with Gasteiger partial charge in [-0.15, -0.1) is 0 Å². The quantitative estimate of drug-likeness (QED) is 0.693. The Morgan fingerprint density at radius 3 is 2.94 bits per heavy atom. The molecule has 0 aliphatic carbocycles. The normalized spacial score (nSPS) is 10.2. The summed E-state index contributed by atoms with van der Waals surface area (Å²) in [5.41, 5.74) is 5.08. The van der Waals surface area contributed by atoms with Crippen LogP contribution in [0.15, 0.2) is 39.4 Å². The summed E-state index contributed by atoms with van der Waals surface area (Å²) < 4.78 is 0. The average Bonchev–Trinajstić information content (AvgIpc) is 2.27. The van der Waals surface area contributed by atoms with Crippen molar-refractivity contribution in [2.75, 3.05) is 5.73 Å². The van der Waals surface area contributed by atoms with E-state index < -0.39 is 11.5 Å². The summed E-state index contributed by atoms with van der Waals surface area (Å²) in [6.07, 6.45) is 2.69. The van der Waals surface area contributed by atoms with Crippen LogP contribution in [0.5, 0.6) is 0 Å². The Kier molecular flexibility index (Phi) is 3.28. The second-order valence-electron chi connectivity index (χ2n) is 3.25. The number of carbonyl (C=O) groups is 1. The van der Waals surface area contributed by atoms with Gasteiger partial charge in [-0.2, -0.15) is 0 Å². The largest absolute Gasteiger partial charge is 0.478 e. The van der Waals surface area contributed by atoms with E-state index in [4.69, 9.17) is 10.8 Å². The van der Waals surface area contributed by atoms with Gasteiger partial charge in [0, 0.05) is 23.4 Å². The summed E-state index contributed by atoms with van der Waals surface area (Å²) in [4.78, 5) is 32.7. The van der Waals surface area contributed by atoms with E-state index in [1.54, 1.807) is 0 Å². The van der Waals surface area contributed by atoms with E-state index in [0.717, 1.165) is 17.8 Å². The van der Waals surface area contributed by atoms with Crippen LogP contribution in [0, 0.1) is 0 Å².